The van der Waals surface area contributed by atoms with Crippen LogP contribution in [0.2, 0.25) is 0 Å². The molecule has 0 unspecified atom stereocenters. The van der Waals surface area contributed by atoms with Crippen molar-refractivity contribution >= 4 is 0 Å². The number of para-hydroxylation sites is 1. The van der Waals surface area contributed by atoms with E-state index in [1.165, 1.54) is 6.20 Å². The van der Waals surface area contributed by atoms with Gasteiger partial charge in [0.1, 0.15) is 11.4 Å². The lowest BCUT2D eigenvalue weighted by molar-refractivity contribution is 0.143. The molecule has 0 saturated heterocycles. The van der Waals surface area contributed by atoms with Gasteiger partial charge in [0.25, 0.3) is 0 Å². The third-order valence-corrected chi connectivity index (χ3v) is 1.86. The Bertz CT molecular complexity index is 439. The van der Waals surface area contributed by atoms with Crippen LogP contribution in [0.3, 0.4) is 0 Å². The van der Waals surface area contributed by atoms with Gasteiger partial charge in [-0.25, -0.2) is 0 Å². The smallest absolute Gasteiger partial charge is 0.128 e. The molecule has 1 aromatic carbocycles. The van der Waals surface area contributed by atoms with Gasteiger partial charge in [0.15, 0.2) is 0 Å². The van der Waals surface area contributed by atoms with Crippen molar-refractivity contribution in [3.63, 3.8) is 0 Å². The molecule has 1 heterocycles. The van der Waals surface area contributed by atoms with E-state index < -0.39 is 0 Å². The first kappa shape index (κ1) is 8.55. The van der Waals surface area contributed by atoms with Crippen LogP contribution in [0.4, 0.5) is 0 Å². The fourth-order valence-electron chi connectivity index (χ4n) is 1.23. The van der Waals surface area contributed by atoms with Crippen LogP contribution < -0.4 is 4.74 Å². The minimum atomic E-state index is 0.574. The van der Waals surface area contributed by atoms with E-state index in [9.17, 15) is 0 Å². The van der Waals surface area contributed by atoms with E-state index in [0.29, 0.717) is 16.3 Å². The van der Waals surface area contributed by atoms with Gasteiger partial charge in [-0.3, -0.25) is 0 Å². The maximum Gasteiger partial charge on any atom is 0.128 e. The molecular formula is C9H9N3O2. The first-order chi connectivity index (χ1) is 6.81. The Hall–Kier alpha value is -2.04. The van der Waals surface area contributed by atoms with Crippen LogP contribution in [0, 0.1) is 0 Å². The quantitative estimate of drug-likeness (QED) is 0.724. The second-order valence-corrected chi connectivity index (χ2v) is 2.72. The summed E-state index contributed by atoms with van der Waals surface area (Å²) in [5.41, 5.74) is 1.38. The lowest BCUT2D eigenvalue weighted by Crippen LogP contribution is -1.88. The Morgan fingerprint density at radius 2 is 2.14 bits per heavy atom. The Morgan fingerprint density at radius 3 is 2.79 bits per heavy atom. The number of nitrogens with zero attached hydrogens (tertiary/aromatic N) is 3. The average molecular weight is 191 g/mol. The summed E-state index contributed by atoms with van der Waals surface area (Å²) in [6, 6.07) is 7.41. The highest BCUT2D eigenvalue weighted by Gasteiger charge is 2.08. The first-order valence-corrected chi connectivity index (χ1v) is 4.06. The normalized spacial score (nSPS) is 10.1. The van der Waals surface area contributed by atoms with Crippen LogP contribution in [-0.4, -0.2) is 27.5 Å². The van der Waals surface area contributed by atoms with Crippen LogP contribution in [0.5, 0.6) is 5.75 Å². The lowest BCUT2D eigenvalue weighted by atomic mass is 10.1. The predicted octanol–water partition coefficient (Wildman–Crippen LogP) is 1.19. The Morgan fingerprint density at radius 1 is 1.36 bits per heavy atom. The summed E-state index contributed by atoms with van der Waals surface area (Å²) >= 11 is 0. The highest BCUT2D eigenvalue weighted by atomic mass is 16.5. The summed E-state index contributed by atoms with van der Waals surface area (Å²) in [7, 11) is 1.59. The summed E-state index contributed by atoms with van der Waals surface area (Å²) in [6.07, 6.45) is 1.41. The monoisotopic (exact) mass is 191 g/mol. The molecule has 0 radical (unpaired) electrons. The summed E-state index contributed by atoms with van der Waals surface area (Å²) in [5.74, 6) is 0.702. The van der Waals surface area contributed by atoms with E-state index in [2.05, 4.69) is 10.3 Å². The van der Waals surface area contributed by atoms with Crippen molar-refractivity contribution < 1.29 is 9.94 Å². The molecule has 14 heavy (non-hydrogen) atoms. The van der Waals surface area contributed by atoms with Crippen molar-refractivity contribution in [1.82, 2.24) is 15.2 Å². The zero-order valence-electron chi connectivity index (χ0n) is 7.58. The third kappa shape index (κ3) is 1.39. The van der Waals surface area contributed by atoms with Crippen LogP contribution >= 0.6 is 0 Å². The van der Waals surface area contributed by atoms with Crippen LogP contribution in [0.1, 0.15) is 0 Å². The second-order valence-electron chi connectivity index (χ2n) is 2.72. The predicted molar refractivity (Wildman–Crippen MR) is 49.2 cm³/mol. The van der Waals surface area contributed by atoms with Crippen LogP contribution in [0.15, 0.2) is 30.5 Å². The third-order valence-electron chi connectivity index (χ3n) is 1.86. The molecule has 1 N–H and O–H groups in total. The highest BCUT2D eigenvalue weighted by Crippen LogP contribution is 2.26. The van der Waals surface area contributed by atoms with Gasteiger partial charge in [-0.15, -0.1) is 5.10 Å². The van der Waals surface area contributed by atoms with Gasteiger partial charge >= 0.3 is 0 Å². The highest BCUT2D eigenvalue weighted by molar-refractivity contribution is 5.65. The fraction of sp³-hybridized carbons (Fsp3) is 0.111. The van der Waals surface area contributed by atoms with Crippen molar-refractivity contribution in [3.8, 4) is 17.0 Å². The van der Waals surface area contributed by atoms with Crippen molar-refractivity contribution in [2.24, 2.45) is 0 Å². The molecule has 1 aromatic heterocycles. The van der Waals surface area contributed by atoms with Gasteiger partial charge < -0.3 is 9.94 Å². The average Bonchev–Trinajstić information content (AvgIpc) is 2.65. The number of aromatic nitrogens is 3. The molecule has 2 aromatic rings. The van der Waals surface area contributed by atoms with Crippen LogP contribution in [0.25, 0.3) is 11.3 Å². The number of hydrogen-bond donors (Lipinski definition) is 1. The molecule has 2 rings (SSSR count). The summed E-state index contributed by atoms with van der Waals surface area (Å²) in [4.78, 5) is 0.668. The maximum absolute atomic E-state index is 8.98. The lowest BCUT2D eigenvalue weighted by Gasteiger charge is -2.03. The second kappa shape index (κ2) is 3.37. The minimum Gasteiger partial charge on any atom is -0.496 e. The molecule has 5 heteroatoms. The Labute approximate surface area is 80.5 Å². The van der Waals surface area contributed by atoms with Gasteiger partial charge in [0.05, 0.1) is 13.3 Å². The summed E-state index contributed by atoms with van der Waals surface area (Å²) < 4.78 is 5.15. The van der Waals surface area contributed by atoms with E-state index in [-0.39, 0.29) is 0 Å². The van der Waals surface area contributed by atoms with Crippen molar-refractivity contribution in [3.05, 3.63) is 30.5 Å². The van der Waals surface area contributed by atoms with E-state index in [1.807, 2.05) is 24.3 Å². The molecule has 0 aliphatic rings. The maximum atomic E-state index is 8.98. The molecule has 0 amide bonds. The largest absolute Gasteiger partial charge is 0.496 e. The van der Waals surface area contributed by atoms with Crippen molar-refractivity contribution in [2.45, 2.75) is 0 Å². The molecule has 0 saturated carbocycles. The number of methoxy groups -OCH3 is 1. The SMILES string of the molecule is COc1ccccc1-c1cn(O)nn1. The molecule has 0 fully saturated rings. The molecule has 0 spiro atoms. The number of benzene rings is 1. The first-order valence-electron chi connectivity index (χ1n) is 4.06. The van der Waals surface area contributed by atoms with Gasteiger partial charge in [0, 0.05) is 5.56 Å². The summed E-state index contributed by atoms with van der Waals surface area (Å²) in [5, 5.41) is 16.2. The van der Waals surface area contributed by atoms with Crippen LogP contribution in [-0.2, 0) is 0 Å². The van der Waals surface area contributed by atoms with E-state index in [4.69, 9.17) is 9.94 Å². The molecule has 0 atom stereocenters. The van der Waals surface area contributed by atoms with Gasteiger partial charge in [-0.2, -0.15) is 0 Å². The van der Waals surface area contributed by atoms with Gasteiger partial charge in [-0.1, -0.05) is 17.0 Å². The van der Waals surface area contributed by atoms with Crippen molar-refractivity contribution in [2.75, 3.05) is 7.11 Å². The number of hydrogen-bond acceptors (Lipinski definition) is 4. The standard InChI is InChI=1S/C9H9N3O2/c1-14-9-5-3-2-4-7(9)8-6-12(13)11-10-8/h2-6,13H,1H3. The number of rotatable bonds is 2. The zero-order chi connectivity index (χ0) is 9.97. The van der Waals surface area contributed by atoms with Gasteiger partial charge in [0.2, 0.25) is 0 Å². The minimum absolute atomic E-state index is 0.574. The fourth-order valence-corrected chi connectivity index (χ4v) is 1.23. The van der Waals surface area contributed by atoms with Gasteiger partial charge in [-0.05, 0) is 17.3 Å². The molecule has 0 aliphatic heterocycles. The molecular weight excluding hydrogens is 182 g/mol. The van der Waals surface area contributed by atoms with E-state index >= 15 is 0 Å². The molecule has 5 nitrogen and oxygen atoms in total. The van der Waals surface area contributed by atoms with Crippen molar-refractivity contribution in [1.29, 1.82) is 0 Å². The summed E-state index contributed by atoms with van der Waals surface area (Å²) in [6.45, 7) is 0. The van der Waals surface area contributed by atoms with E-state index in [0.717, 1.165) is 5.56 Å². The van der Waals surface area contributed by atoms with E-state index in [1.54, 1.807) is 7.11 Å². The molecule has 72 valence electrons. The number of ether oxygens (including phenoxy) is 1. The topological polar surface area (TPSA) is 60.2 Å². The Balaban J connectivity index is 2.50. The molecule has 0 bridgehead atoms. The molecule has 0 aliphatic carbocycles. The Kier molecular flexibility index (Phi) is 2.06. The zero-order valence-corrected chi connectivity index (χ0v) is 7.58.